The molecule has 0 aliphatic carbocycles. The molecule has 10 nitrogen and oxygen atoms in total. The molecule has 0 saturated heterocycles. The summed E-state index contributed by atoms with van der Waals surface area (Å²) in [6.45, 7) is 2.35. The molecule has 0 unspecified atom stereocenters. The first-order chi connectivity index (χ1) is 14.5. The van der Waals surface area contributed by atoms with E-state index in [2.05, 4.69) is 19.9 Å². The number of carbonyl (C=O) groups excluding carboxylic acids is 2. The van der Waals surface area contributed by atoms with E-state index in [0.717, 1.165) is 24.0 Å². The van der Waals surface area contributed by atoms with E-state index >= 15 is 0 Å². The van der Waals surface area contributed by atoms with E-state index in [9.17, 15) is 19.8 Å². The van der Waals surface area contributed by atoms with Crippen LogP contribution in [0.3, 0.4) is 0 Å². The molecule has 0 spiro atoms. The SMILES string of the molecule is O=C([O-])c1nccc(C2=CCOCC2)n1.O=C([O-])c1nccc(C2=CCOCC2)n1.[Li+].[Li+]. The number of ether oxygens (including phenoxy) is 2. The van der Waals surface area contributed by atoms with Crippen molar-refractivity contribution in [3.8, 4) is 0 Å². The van der Waals surface area contributed by atoms with Gasteiger partial charge < -0.3 is 29.3 Å². The van der Waals surface area contributed by atoms with Crippen LogP contribution < -0.4 is 47.9 Å². The summed E-state index contributed by atoms with van der Waals surface area (Å²) >= 11 is 0. The van der Waals surface area contributed by atoms with Gasteiger partial charge in [0, 0.05) is 12.4 Å². The third-order valence-corrected chi connectivity index (χ3v) is 4.26. The normalized spacial score (nSPS) is 14.9. The molecule has 2 aliphatic rings. The molecule has 4 heterocycles. The van der Waals surface area contributed by atoms with E-state index in [1.807, 2.05) is 12.2 Å². The van der Waals surface area contributed by atoms with Gasteiger partial charge in [-0.25, -0.2) is 19.9 Å². The first kappa shape index (κ1) is 27.7. The minimum Gasteiger partial charge on any atom is -0.542 e. The molecule has 32 heavy (non-hydrogen) atoms. The second-order valence-electron chi connectivity index (χ2n) is 6.21. The second kappa shape index (κ2) is 14.0. The Morgan fingerprint density at radius 1 is 0.750 bits per heavy atom. The maximum absolute atomic E-state index is 10.6. The number of aromatic carboxylic acids is 2. The van der Waals surface area contributed by atoms with E-state index < -0.39 is 11.9 Å². The molecule has 2 aromatic heterocycles. The van der Waals surface area contributed by atoms with Crippen molar-refractivity contribution in [2.75, 3.05) is 26.4 Å². The third-order valence-electron chi connectivity index (χ3n) is 4.26. The number of carboxylic acids is 2. The minimum atomic E-state index is -1.36. The van der Waals surface area contributed by atoms with Gasteiger partial charge in [-0.05, 0) is 36.1 Å². The van der Waals surface area contributed by atoms with Crippen LogP contribution in [0.4, 0.5) is 0 Å². The van der Waals surface area contributed by atoms with Crippen LogP contribution in [-0.2, 0) is 9.47 Å². The summed E-state index contributed by atoms with van der Waals surface area (Å²) in [6.07, 6.45) is 8.11. The largest absolute Gasteiger partial charge is 1.00 e. The van der Waals surface area contributed by atoms with Crippen molar-refractivity contribution in [2.24, 2.45) is 0 Å². The molecule has 2 aliphatic heterocycles. The number of hydrogen-bond donors (Lipinski definition) is 0. The zero-order valence-corrected chi connectivity index (χ0v) is 17.9. The molecule has 2 aromatic rings. The van der Waals surface area contributed by atoms with Crippen LogP contribution in [-0.4, -0.2) is 58.3 Å². The summed E-state index contributed by atoms with van der Waals surface area (Å²) in [5.74, 6) is -3.27. The van der Waals surface area contributed by atoms with Gasteiger partial charge in [-0.3, -0.25) is 0 Å². The van der Waals surface area contributed by atoms with Gasteiger partial charge >= 0.3 is 37.7 Å². The molecule has 0 bridgehead atoms. The third kappa shape index (κ3) is 7.99. The molecule has 0 fully saturated rings. The standard InChI is InChI=1S/2C10H10N2O3.2Li/c2*13-10(14)9-11-4-1-8(12-9)7-2-5-15-6-3-7;;/h2*1-2,4H,3,5-6H2,(H,13,14);;/q;;2*+1/p-2. The van der Waals surface area contributed by atoms with E-state index in [4.69, 9.17) is 9.47 Å². The molecule has 0 atom stereocenters. The molecular formula is C20H18Li2N4O6. The summed E-state index contributed by atoms with van der Waals surface area (Å²) in [4.78, 5) is 36.1. The molecule has 0 aromatic carbocycles. The van der Waals surface area contributed by atoms with Gasteiger partial charge in [-0.15, -0.1) is 0 Å². The zero-order valence-electron chi connectivity index (χ0n) is 17.9. The minimum absolute atomic E-state index is 0. The average molecular weight is 424 g/mol. The Morgan fingerprint density at radius 2 is 1.16 bits per heavy atom. The molecule has 4 rings (SSSR count). The van der Waals surface area contributed by atoms with Gasteiger partial charge in [0.1, 0.15) is 11.9 Å². The number of hydrogen-bond acceptors (Lipinski definition) is 10. The zero-order chi connectivity index (χ0) is 21.3. The fourth-order valence-corrected chi connectivity index (χ4v) is 2.79. The first-order valence-corrected chi connectivity index (χ1v) is 9.17. The molecular weight excluding hydrogens is 406 g/mol. The first-order valence-electron chi connectivity index (χ1n) is 9.17. The Balaban J connectivity index is 0.000000301. The Hall–Kier alpha value is -2.31. The maximum atomic E-state index is 10.6. The van der Waals surface area contributed by atoms with Crippen molar-refractivity contribution in [3.05, 3.63) is 59.7 Å². The Kier molecular flexibility index (Phi) is 12.1. The van der Waals surface area contributed by atoms with Crippen LogP contribution >= 0.6 is 0 Å². The Bertz CT molecular complexity index is 920. The van der Waals surface area contributed by atoms with Gasteiger partial charge in [0.05, 0.1) is 37.8 Å². The van der Waals surface area contributed by atoms with Gasteiger partial charge in [-0.1, -0.05) is 12.2 Å². The van der Waals surface area contributed by atoms with Crippen LogP contribution in [0, 0.1) is 0 Å². The van der Waals surface area contributed by atoms with E-state index in [-0.39, 0.29) is 49.4 Å². The Morgan fingerprint density at radius 3 is 1.47 bits per heavy atom. The fourth-order valence-electron chi connectivity index (χ4n) is 2.79. The van der Waals surface area contributed by atoms with Gasteiger partial charge in [0.15, 0.2) is 11.6 Å². The maximum Gasteiger partial charge on any atom is 1.00 e. The second-order valence-corrected chi connectivity index (χ2v) is 6.21. The van der Waals surface area contributed by atoms with Crippen LogP contribution in [0.5, 0.6) is 0 Å². The van der Waals surface area contributed by atoms with Gasteiger partial charge in [0.2, 0.25) is 0 Å². The van der Waals surface area contributed by atoms with Crippen molar-refractivity contribution in [2.45, 2.75) is 12.8 Å². The number of nitrogens with zero attached hydrogens (tertiary/aromatic N) is 4. The summed E-state index contributed by atoms with van der Waals surface area (Å²) in [7, 11) is 0. The smallest absolute Gasteiger partial charge is 0.542 e. The van der Waals surface area contributed by atoms with Gasteiger partial charge in [-0.2, -0.15) is 0 Å². The summed E-state index contributed by atoms with van der Waals surface area (Å²) < 4.78 is 10.3. The fraction of sp³-hybridized carbons (Fsp3) is 0.300. The number of aromatic nitrogens is 4. The predicted molar refractivity (Wildman–Crippen MR) is 99.6 cm³/mol. The van der Waals surface area contributed by atoms with Crippen LogP contribution in [0.25, 0.3) is 11.1 Å². The van der Waals surface area contributed by atoms with Crippen molar-refractivity contribution in [1.29, 1.82) is 0 Å². The summed E-state index contributed by atoms with van der Waals surface area (Å²) in [5.41, 5.74) is 3.25. The molecule has 0 amide bonds. The summed E-state index contributed by atoms with van der Waals surface area (Å²) in [5, 5.41) is 21.1. The van der Waals surface area contributed by atoms with Crippen molar-refractivity contribution >= 4 is 23.1 Å². The van der Waals surface area contributed by atoms with E-state index in [1.165, 1.54) is 12.4 Å². The molecule has 0 saturated carbocycles. The number of carbonyl (C=O) groups is 2. The van der Waals surface area contributed by atoms with Crippen molar-refractivity contribution in [1.82, 2.24) is 19.9 Å². The van der Waals surface area contributed by atoms with Crippen LogP contribution in [0.1, 0.15) is 45.5 Å². The van der Waals surface area contributed by atoms with E-state index in [1.54, 1.807) is 12.1 Å². The number of carboxylic acid groups (broad SMARTS) is 2. The average Bonchev–Trinajstić information content (AvgIpc) is 2.81. The predicted octanol–water partition coefficient (Wildman–Crippen LogP) is -6.70. The topological polar surface area (TPSA) is 150 Å². The molecule has 0 radical (unpaired) electrons. The number of rotatable bonds is 4. The molecule has 12 heteroatoms. The van der Waals surface area contributed by atoms with Gasteiger partial charge in [0.25, 0.3) is 0 Å². The monoisotopic (exact) mass is 424 g/mol. The molecule has 156 valence electrons. The summed E-state index contributed by atoms with van der Waals surface area (Å²) in [6, 6.07) is 3.37. The Labute approximate surface area is 208 Å². The quantitative estimate of drug-likeness (QED) is 0.433. The van der Waals surface area contributed by atoms with Crippen LogP contribution in [0.2, 0.25) is 0 Å². The van der Waals surface area contributed by atoms with Crippen LogP contribution in [0.15, 0.2) is 36.7 Å². The van der Waals surface area contributed by atoms with Crippen molar-refractivity contribution < 1.29 is 67.0 Å². The molecule has 0 N–H and O–H groups in total. The van der Waals surface area contributed by atoms with Crippen molar-refractivity contribution in [3.63, 3.8) is 0 Å². The van der Waals surface area contributed by atoms with E-state index in [0.29, 0.717) is 37.8 Å².